The Kier molecular flexibility index (Phi) is 4.65. The molecule has 6 nitrogen and oxygen atoms in total. The van der Waals surface area contributed by atoms with Gasteiger partial charge < -0.3 is 15.0 Å². The number of rotatable bonds is 4. The van der Waals surface area contributed by atoms with E-state index < -0.39 is 17.5 Å². The van der Waals surface area contributed by atoms with Crippen LogP contribution in [-0.4, -0.2) is 21.7 Å². The van der Waals surface area contributed by atoms with Crippen molar-refractivity contribution in [3.8, 4) is 0 Å². The summed E-state index contributed by atoms with van der Waals surface area (Å²) < 4.78 is 18.9. The molecule has 1 heterocycles. The highest BCUT2D eigenvalue weighted by molar-refractivity contribution is 5.85. The summed E-state index contributed by atoms with van der Waals surface area (Å²) in [5, 5.41) is 5.51. The summed E-state index contributed by atoms with van der Waals surface area (Å²) in [4.78, 5) is 18.5. The molecule has 0 atom stereocenters. The number of benzene rings is 1. The number of carbonyl (C=O) groups excluding carboxylic acids is 1. The van der Waals surface area contributed by atoms with Crippen LogP contribution in [0.3, 0.4) is 0 Å². The van der Waals surface area contributed by atoms with E-state index >= 15 is 0 Å². The minimum absolute atomic E-state index is 0.281. The first kappa shape index (κ1) is 15.8. The topological polar surface area (TPSA) is 79.0 Å². The van der Waals surface area contributed by atoms with Gasteiger partial charge in [-0.25, -0.2) is 14.2 Å². The summed E-state index contributed by atoms with van der Waals surface area (Å²) in [6.45, 7) is 5.71. The molecule has 0 unspecified atom stereocenters. The summed E-state index contributed by atoms with van der Waals surface area (Å²) >= 11 is 0. The van der Waals surface area contributed by atoms with Crippen molar-refractivity contribution in [1.29, 1.82) is 0 Å². The van der Waals surface area contributed by atoms with Gasteiger partial charge in [0.25, 0.3) is 0 Å². The van der Waals surface area contributed by atoms with Crippen LogP contribution in [0, 0.1) is 5.82 Å². The molecule has 1 aromatic heterocycles. The van der Waals surface area contributed by atoms with Crippen LogP contribution in [0.2, 0.25) is 0 Å². The molecule has 3 N–H and O–H groups in total. The molecule has 0 aliphatic rings. The second kappa shape index (κ2) is 6.46. The molecule has 0 radical (unpaired) electrons. The van der Waals surface area contributed by atoms with Crippen LogP contribution in [0.1, 0.15) is 26.5 Å². The smallest absolute Gasteiger partial charge is 0.412 e. The van der Waals surface area contributed by atoms with E-state index in [1.807, 2.05) is 0 Å². The quantitative estimate of drug-likeness (QED) is 0.807. The second-order valence-electron chi connectivity index (χ2n) is 5.75. The highest BCUT2D eigenvalue weighted by Crippen LogP contribution is 2.21. The van der Waals surface area contributed by atoms with Gasteiger partial charge in [-0.2, -0.15) is 0 Å². The second-order valence-corrected chi connectivity index (χ2v) is 5.75. The molecular weight excluding hydrogens is 287 g/mol. The van der Waals surface area contributed by atoms with Crippen molar-refractivity contribution >= 4 is 17.5 Å². The largest absolute Gasteiger partial charge is 0.444 e. The molecule has 22 heavy (non-hydrogen) atoms. The molecule has 0 aliphatic heterocycles. The molecule has 2 rings (SSSR count). The molecule has 0 bridgehead atoms. The maximum absolute atomic E-state index is 13.8. The van der Waals surface area contributed by atoms with E-state index in [0.717, 1.165) is 5.69 Å². The van der Waals surface area contributed by atoms with Crippen LogP contribution < -0.4 is 10.6 Å². The van der Waals surface area contributed by atoms with Gasteiger partial charge in [0.2, 0.25) is 0 Å². The molecule has 0 saturated carbocycles. The van der Waals surface area contributed by atoms with Gasteiger partial charge in [0, 0.05) is 11.9 Å². The zero-order chi connectivity index (χ0) is 16.2. The SMILES string of the molecule is CC(C)(C)OC(=O)Nc1ccc(F)c(NCc2cnc[nH]2)c1. The number of H-pyrrole nitrogens is 1. The Hall–Kier alpha value is -2.57. The van der Waals surface area contributed by atoms with Gasteiger partial charge in [0.1, 0.15) is 11.4 Å². The van der Waals surface area contributed by atoms with Gasteiger partial charge in [0.05, 0.1) is 24.3 Å². The summed E-state index contributed by atoms with van der Waals surface area (Å²) in [5.41, 5.74) is 0.960. The number of amides is 1. The Bertz CT molecular complexity index is 635. The number of anilines is 2. The molecule has 0 spiro atoms. The minimum atomic E-state index is -0.591. The van der Waals surface area contributed by atoms with Crippen molar-refractivity contribution in [2.75, 3.05) is 10.6 Å². The van der Waals surface area contributed by atoms with E-state index in [1.165, 1.54) is 18.2 Å². The van der Waals surface area contributed by atoms with Crippen molar-refractivity contribution in [1.82, 2.24) is 9.97 Å². The van der Waals surface area contributed by atoms with Crippen LogP contribution >= 0.6 is 0 Å². The monoisotopic (exact) mass is 306 g/mol. The summed E-state index contributed by atoms with van der Waals surface area (Å²) in [5.74, 6) is -0.408. The summed E-state index contributed by atoms with van der Waals surface area (Å²) in [7, 11) is 0. The fourth-order valence-corrected chi connectivity index (χ4v) is 1.73. The molecule has 1 aromatic carbocycles. The number of aromatic nitrogens is 2. The van der Waals surface area contributed by atoms with Crippen LogP contribution in [0.25, 0.3) is 0 Å². The lowest BCUT2D eigenvalue weighted by Gasteiger charge is -2.20. The summed E-state index contributed by atoms with van der Waals surface area (Å²) in [6, 6.07) is 4.26. The Labute approximate surface area is 128 Å². The summed E-state index contributed by atoms with van der Waals surface area (Å²) in [6.07, 6.45) is 2.61. The first-order valence-corrected chi connectivity index (χ1v) is 6.84. The van der Waals surface area contributed by atoms with E-state index in [4.69, 9.17) is 4.74 Å². The van der Waals surface area contributed by atoms with E-state index in [-0.39, 0.29) is 5.69 Å². The zero-order valence-electron chi connectivity index (χ0n) is 12.7. The highest BCUT2D eigenvalue weighted by atomic mass is 19.1. The van der Waals surface area contributed by atoms with Crippen LogP contribution in [0.4, 0.5) is 20.6 Å². The number of ether oxygens (including phenoxy) is 1. The fourth-order valence-electron chi connectivity index (χ4n) is 1.73. The third kappa shape index (κ3) is 4.76. The first-order valence-electron chi connectivity index (χ1n) is 6.84. The van der Waals surface area contributed by atoms with Crippen molar-refractivity contribution in [2.45, 2.75) is 32.9 Å². The average Bonchev–Trinajstić information content (AvgIpc) is 2.90. The van der Waals surface area contributed by atoms with Gasteiger partial charge in [0.15, 0.2) is 0 Å². The van der Waals surface area contributed by atoms with Gasteiger partial charge in [-0.3, -0.25) is 5.32 Å². The molecule has 0 fully saturated rings. The van der Waals surface area contributed by atoms with Crippen molar-refractivity contribution in [3.05, 3.63) is 42.2 Å². The van der Waals surface area contributed by atoms with Crippen molar-refractivity contribution in [2.24, 2.45) is 0 Å². The molecule has 0 aliphatic carbocycles. The van der Waals surface area contributed by atoms with E-state index in [2.05, 4.69) is 20.6 Å². The lowest BCUT2D eigenvalue weighted by molar-refractivity contribution is 0.0636. The normalized spacial score (nSPS) is 11.1. The molecule has 2 aromatic rings. The Morgan fingerprint density at radius 1 is 1.41 bits per heavy atom. The minimum Gasteiger partial charge on any atom is -0.444 e. The number of aromatic amines is 1. The predicted octanol–water partition coefficient (Wildman–Crippen LogP) is 3.51. The molecule has 0 saturated heterocycles. The molecule has 1 amide bonds. The van der Waals surface area contributed by atoms with Crippen LogP contribution in [0.5, 0.6) is 0 Å². The number of hydrogen-bond donors (Lipinski definition) is 3. The van der Waals surface area contributed by atoms with Gasteiger partial charge >= 0.3 is 6.09 Å². The Morgan fingerprint density at radius 2 is 2.18 bits per heavy atom. The van der Waals surface area contributed by atoms with Gasteiger partial charge in [-0.1, -0.05) is 0 Å². The number of nitrogens with zero attached hydrogens (tertiary/aromatic N) is 1. The molecule has 118 valence electrons. The van der Waals surface area contributed by atoms with Crippen LogP contribution in [0.15, 0.2) is 30.7 Å². The van der Waals surface area contributed by atoms with Gasteiger partial charge in [-0.15, -0.1) is 0 Å². The Balaban J connectivity index is 2.01. The standard InChI is InChI=1S/C15H19FN4O2/c1-15(2,3)22-14(21)20-10-4-5-12(16)13(6-10)18-8-11-7-17-9-19-11/h4-7,9,18H,8H2,1-3H3,(H,17,19)(H,20,21). The lowest BCUT2D eigenvalue weighted by Crippen LogP contribution is -2.27. The Morgan fingerprint density at radius 3 is 2.82 bits per heavy atom. The van der Waals surface area contributed by atoms with E-state index in [9.17, 15) is 9.18 Å². The maximum atomic E-state index is 13.8. The van der Waals surface area contributed by atoms with Gasteiger partial charge in [-0.05, 0) is 39.0 Å². The highest BCUT2D eigenvalue weighted by Gasteiger charge is 2.16. The maximum Gasteiger partial charge on any atom is 0.412 e. The van der Waals surface area contributed by atoms with E-state index in [0.29, 0.717) is 12.2 Å². The fraction of sp³-hybridized carbons (Fsp3) is 0.333. The lowest BCUT2D eigenvalue weighted by atomic mass is 10.2. The number of hydrogen-bond acceptors (Lipinski definition) is 4. The third-order valence-corrected chi connectivity index (χ3v) is 2.64. The average molecular weight is 306 g/mol. The third-order valence-electron chi connectivity index (χ3n) is 2.64. The van der Waals surface area contributed by atoms with Crippen molar-refractivity contribution in [3.63, 3.8) is 0 Å². The number of imidazole rings is 1. The number of halogens is 1. The predicted molar refractivity (Wildman–Crippen MR) is 82.2 cm³/mol. The number of nitrogens with one attached hydrogen (secondary N) is 3. The number of carbonyl (C=O) groups is 1. The molecule has 7 heteroatoms. The van der Waals surface area contributed by atoms with E-state index in [1.54, 1.807) is 33.3 Å². The van der Waals surface area contributed by atoms with Crippen LogP contribution in [-0.2, 0) is 11.3 Å². The molecular formula is C15H19FN4O2. The first-order chi connectivity index (χ1) is 10.3. The van der Waals surface area contributed by atoms with Crippen molar-refractivity contribution < 1.29 is 13.9 Å². The zero-order valence-corrected chi connectivity index (χ0v) is 12.7.